The Morgan fingerprint density at radius 3 is 2.83 bits per heavy atom. The summed E-state index contributed by atoms with van der Waals surface area (Å²) in [6.45, 7) is 8.04. The third-order valence-electron chi connectivity index (χ3n) is 6.66. The summed E-state index contributed by atoms with van der Waals surface area (Å²) >= 11 is 0. The number of hydrogen-bond acceptors (Lipinski definition) is 3. The molecule has 24 heavy (non-hydrogen) atoms. The highest BCUT2D eigenvalue weighted by Gasteiger charge is 2.57. The number of nitrogens with one attached hydrogen (secondary N) is 1. The van der Waals surface area contributed by atoms with Gasteiger partial charge in [0.2, 0.25) is 0 Å². The first-order chi connectivity index (χ1) is 11.6. The average molecular weight is 335 g/mol. The van der Waals surface area contributed by atoms with Crippen molar-refractivity contribution in [1.82, 2.24) is 15.1 Å². The van der Waals surface area contributed by atoms with Crippen LogP contribution in [0.4, 0.5) is 4.79 Å². The highest BCUT2D eigenvalue weighted by atomic mass is 16.5. The maximum atomic E-state index is 13.2. The van der Waals surface area contributed by atoms with Gasteiger partial charge >= 0.3 is 6.03 Å². The van der Waals surface area contributed by atoms with Gasteiger partial charge in [-0.1, -0.05) is 0 Å². The summed E-state index contributed by atoms with van der Waals surface area (Å²) in [5, 5.41) is 3.72. The molecule has 4 aliphatic rings. The van der Waals surface area contributed by atoms with Crippen LogP contribution in [0, 0.1) is 5.92 Å². The third-order valence-corrected chi connectivity index (χ3v) is 6.66. The van der Waals surface area contributed by atoms with Crippen molar-refractivity contribution in [2.75, 3.05) is 26.2 Å². The number of rotatable bonds is 3. The minimum atomic E-state index is 0.0482. The number of ether oxygens (including phenoxy) is 1. The Morgan fingerprint density at radius 2 is 2.12 bits per heavy atom. The van der Waals surface area contributed by atoms with Crippen molar-refractivity contribution < 1.29 is 9.53 Å². The fourth-order valence-electron chi connectivity index (χ4n) is 5.77. The molecule has 0 bridgehead atoms. The van der Waals surface area contributed by atoms with Crippen LogP contribution in [0.2, 0.25) is 0 Å². The third kappa shape index (κ3) is 2.84. The van der Waals surface area contributed by atoms with E-state index in [4.69, 9.17) is 4.74 Å². The fourth-order valence-corrected chi connectivity index (χ4v) is 5.77. The van der Waals surface area contributed by atoms with Crippen LogP contribution in [0.5, 0.6) is 0 Å². The van der Waals surface area contributed by atoms with E-state index < -0.39 is 0 Å². The predicted molar refractivity (Wildman–Crippen MR) is 94.0 cm³/mol. The van der Waals surface area contributed by atoms with Crippen LogP contribution < -0.4 is 5.32 Å². The molecule has 3 heterocycles. The molecule has 4 rings (SSSR count). The lowest BCUT2D eigenvalue weighted by Gasteiger charge is -2.36. The lowest BCUT2D eigenvalue weighted by atomic mass is 9.91. The Kier molecular flexibility index (Phi) is 4.50. The second-order valence-corrected chi connectivity index (χ2v) is 8.71. The Balaban J connectivity index is 1.51. The van der Waals surface area contributed by atoms with Gasteiger partial charge in [0.1, 0.15) is 0 Å². The van der Waals surface area contributed by atoms with Crippen molar-refractivity contribution in [1.29, 1.82) is 0 Å². The molecule has 2 amide bonds. The van der Waals surface area contributed by atoms with Gasteiger partial charge in [-0.25, -0.2) is 4.79 Å². The van der Waals surface area contributed by atoms with Gasteiger partial charge < -0.3 is 19.9 Å². The van der Waals surface area contributed by atoms with Crippen LogP contribution >= 0.6 is 0 Å². The van der Waals surface area contributed by atoms with Gasteiger partial charge in [-0.3, -0.25) is 0 Å². The molecular formula is C19H33N3O2. The number of piperidine rings is 1. The first-order valence-corrected chi connectivity index (χ1v) is 10.0. The number of nitrogens with zero attached hydrogens (tertiary/aromatic N) is 2. The summed E-state index contributed by atoms with van der Waals surface area (Å²) in [6.07, 6.45) is 8.67. The van der Waals surface area contributed by atoms with Crippen LogP contribution in [0.1, 0.15) is 58.8 Å². The molecule has 4 atom stereocenters. The molecule has 1 N–H and O–H groups in total. The summed E-state index contributed by atoms with van der Waals surface area (Å²) in [6, 6.07) is 1.13. The fraction of sp³-hybridized carbons (Fsp3) is 0.947. The molecule has 3 aliphatic heterocycles. The van der Waals surface area contributed by atoms with Gasteiger partial charge in [-0.05, 0) is 71.3 Å². The quantitative estimate of drug-likeness (QED) is 0.862. The van der Waals surface area contributed by atoms with E-state index >= 15 is 0 Å². The molecule has 4 fully saturated rings. The minimum Gasteiger partial charge on any atom is -0.376 e. The van der Waals surface area contributed by atoms with Crippen molar-refractivity contribution >= 4 is 6.03 Å². The monoisotopic (exact) mass is 335 g/mol. The Morgan fingerprint density at radius 1 is 1.25 bits per heavy atom. The van der Waals surface area contributed by atoms with Crippen LogP contribution in [0.25, 0.3) is 0 Å². The summed E-state index contributed by atoms with van der Waals surface area (Å²) < 4.78 is 5.90. The van der Waals surface area contributed by atoms with Gasteiger partial charge in [0.25, 0.3) is 0 Å². The number of fused-ring (bicyclic) bond motifs is 1. The summed E-state index contributed by atoms with van der Waals surface area (Å²) in [4.78, 5) is 17.5. The van der Waals surface area contributed by atoms with Crippen molar-refractivity contribution in [2.45, 2.75) is 82.5 Å². The topological polar surface area (TPSA) is 44.8 Å². The van der Waals surface area contributed by atoms with E-state index in [0.717, 1.165) is 45.0 Å². The van der Waals surface area contributed by atoms with Crippen molar-refractivity contribution in [3.05, 3.63) is 0 Å². The minimum absolute atomic E-state index is 0.0482. The lowest BCUT2D eigenvalue weighted by Crippen LogP contribution is -2.49. The van der Waals surface area contributed by atoms with Crippen molar-refractivity contribution in [3.8, 4) is 0 Å². The second-order valence-electron chi connectivity index (χ2n) is 8.71. The number of carbonyl (C=O) groups is 1. The maximum Gasteiger partial charge on any atom is 0.320 e. The van der Waals surface area contributed by atoms with E-state index in [1.807, 2.05) is 0 Å². The van der Waals surface area contributed by atoms with Gasteiger partial charge in [0, 0.05) is 31.8 Å². The van der Waals surface area contributed by atoms with Crippen LogP contribution in [0.15, 0.2) is 0 Å². The van der Waals surface area contributed by atoms with Gasteiger partial charge in [0.15, 0.2) is 0 Å². The predicted octanol–water partition coefficient (Wildman–Crippen LogP) is 2.60. The lowest BCUT2D eigenvalue weighted by molar-refractivity contribution is 0.00219. The number of amides is 2. The number of carbonyl (C=O) groups excluding carboxylic acids is 1. The molecule has 1 aliphatic carbocycles. The van der Waals surface area contributed by atoms with Crippen LogP contribution in [0.3, 0.4) is 0 Å². The molecule has 0 aromatic carbocycles. The molecule has 1 saturated carbocycles. The zero-order chi connectivity index (χ0) is 16.7. The maximum absolute atomic E-state index is 13.2. The van der Waals surface area contributed by atoms with E-state index in [-0.39, 0.29) is 23.7 Å². The zero-order valence-corrected chi connectivity index (χ0v) is 15.3. The first-order valence-electron chi connectivity index (χ1n) is 10.0. The zero-order valence-electron chi connectivity index (χ0n) is 15.3. The molecule has 5 heteroatoms. The second kappa shape index (κ2) is 6.49. The molecule has 3 saturated heterocycles. The Hall–Kier alpha value is -0.810. The SMILES string of the molecule is CC(C)N1C(=O)N(CC2CCCCO2)CC12CC1CCCNC1C2. The van der Waals surface area contributed by atoms with Crippen LogP contribution in [-0.2, 0) is 4.74 Å². The van der Waals surface area contributed by atoms with E-state index in [9.17, 15) is 4.79 Å². The van der Waals surface area contributed by atoms with E-state index in [1.165, 1.54) is 32.1 Å². The van der Waals surface area contributed by atoms with Gasteiger partial charge in [0.05, 0.1) is 11.6 Å². The molecule has 0 radical (unpaired) electrons. The number of hydrogen-bond donors (Lipinski definition) is 1. The van der Waals surface area contributed by atoms with E-state index in [2.05, 4.69) is 29.0 Å². The molecule has 0 aromatic heterocycles. The Labute approximate surface area is 146 Å². The van der Waals surface area contributed by atoms with E-state index in [0.29, 0.717) is 6.04 Å². The largest absolute Gasteiger partial charge is 0.376 e. The highest BCUT2D eigenvalue weighted by Crippen LogP contribution is 2.47. The molecule has 0 aromatic rings. The average Bonchev–Trinajstić information content (AvgIpc) is 3.05. The van der Waals surface area contributed by atoms with Crippen molar-refractivity contribution in [2.24, 2.45) is 5.92 Å². The molecular weight excluding hydrogens is 302 g/mol. The summed E-state index contributed by atoms with van der Waals surface area (Å²) in [7, 11) is 0. The van der Waals surface area contributed by atoms with Crippen LogP contribution in [-0.4, -0.2) is 65.8 Å². The summed E-state index contributed by atoms with van der Waals surface area (Å²) in [5.41, 5.74) is 0.0482. The highest BCUT2D eigenvalue weighted by molar-refractivity contribution is 5.78. The van der Waals surface area contributed by atoms with Crippen molar-refractivity contribution in [3.63, 3.8) is 0 Å². The van der Waals surface area contributed by atoms with Gasteiger partial charge in [-0.15, -0.1) is 0 Å². The Bertz CT molecular complexity index is 461. The first kappa shape index (κ1) is 16.6. The standard InChI is InChI=1S/C19H33N3O2/c1-14(2)22-18(23)21(12-16-7-3-4-9-24-16)13-19(22)10-15-6-5-8-20-17(15)11-19/h14-17,20H,3-13H2,1-2H3. The summed E-state index contributed by atoms with van der Waals surface area (Å²) in [5.74, 6) is 0.749. The molecule has 136 valence electrons. The van der Waals surface area contributed by atoms with E-state index in [1.54, 1.807) is 0 Å². The number of urea groups is 1. The molecule has 1 spiro atoms. The molecule has 5 nitrogen and oxygen atoms in total. The molecule has 4 unspecified atom stereocenters. The smallest absolute Gasteiger partial charge is 0.320 e. The van der Waals surface area contributed by atoms with Gasteiger partial charge in [-0.2, -0.15) is 0 Å². The normalized spacial score (nSPS) is 40.0.